The molecular formula is C15H26N2. The highest BCUT2D eigenvalue weighted by atomic mass is 15.2. The second kappa shape index (κ2) is 5.32. The fourth-order valence-corrected chi connectivity index (χ4v) is 3.16. The Morgan fingerprint density at radius 3 is 2.41 bits per heavy atom. The van der Waals surface area contributed by atoms with Crippen LogP contribution in [0, 0.1) is 17.8 Å². The van der Waals surface area contributed by atoms with E-state index in [4.69, 9.17) is 0 Å². The van der Waals surface area contributed by atoms with Gasteiger partial charge in [0, 0.05) is 0 Å². The Labute approximate surface area is 106 Å². The lowest BCUT2D eigenvalue weighted by Gasteiger charge is -2.24. The lowest BCUT2D eigenvalue weighted by Crippen LogP contribution is -2.17. The quantitative estimate of drug-likeness (QED) is 0.644. The maximum Gasteiger partial charge on any atom is 0.0966 e. The molecule has 2 heteroatoms. The summed E-state index contributed by atoms with van der Waals surface area (Å²) in [4.78, 5) is 0. The smallest absolute Gasteiger partial charge is 0.0966 e. The molecule has 0 aromatic carbocycles. The van der Waals surface area contributed by atoms with Gasteiger partial charge in [0.1, 0.15) is 0 Å². The molecule has 0 radical (unpaired) electrons. The maximum atomic E-state index is 4.48. The van der Waals surface area contributed by atoms with Gasteiger partial charge in [-0.05, 0) is 55.4 Å². The van der Waals surface area contributed by atoms with Crippen molar-refractivity contribution >= 4 is 0 Å². The van der Waals surface area contributed by atoms with E-state index in [1.54, 1.807) is 5.57 Å². The van der Waals surface area contributed by atoms with Gasteiger partial charge in [-0.15, -0.1) is 0 Å². The van der Waals surface area contributed by atoms with Crippen molar-refractivity contribution < 1.29 is 0 Å². The van der Waals surface area contributed by atoms with E-state index in [0.29, 0.717) is 12.0 Å². The molecule has 2 aliphatic rings. The van der Waals surface area contributed by atoms with Gasteiger partial charge in [-0.25, -0.2) is 0 Å². The molecule has 0 aromatic rings. The Kier molecular flexibility index (Phi) is 4.01. The van der Waals surface area contributed by atoms with Gasteiger partial charge < -0.3 is 0 Å². The Balaban J connectivity index is 2.08. The summed E-state index contributed by atoms with van der Waals surface area (Å²) in [6.07, 6.45) is 6.41. The van der Waals surface area contributed by atoms with Crippen LogP contribution in [0.4, 0.5) is 0 Å². The van der Waals surface area contributed by atoms with Crippen LogP contribution in [-0.4, -0.2) is 6.04 Å². The first kappa shape index (κ1) is 12.8. The number of nitrogens with zero attached hydrogens (tertiary/aromatic N) is 2. The van der Waals surface area contributed by atoms with Crippen molar-refractivity contribution in [3.05, 3.63) is 11.3 Å². The minimum atomic E-state index is 0.389. The van der Waals surface area contributed by atoms with Gasteiger partial charge >= 0.3 is 0 Å². The molecule has 0 spiro atoms. The Morgan fingerprint density at radius 2 is 1.76 bits per heavy atom. The molecule has 0 aromatic heterocycles. The molecule has 2 nitrogen and oxygen atoms in total. The first-order valence-electron chi connectivity index (χ1n) is 7.22. The van der Waals surface area contributed by atoms with E-state index in [1.165, 1.54) is 31.4 Å². The van der Waals surface area contributed by atoms with Gasteiger partial charge in [-0.3, -0.25) is 0 Å². The zero-order valence-corrected chi connectivity index (χ0v) is 11.7. The lowest BCUT2D eigenvalue weighted by atomic mass is 9.81. The van der Waals surface area contributed by atoms with Crippen LogP contribution in [-0.2, 0) is 0 Å². The van der Waals surface area contributed by atoms with Gasteiger partial charge in [0.25, 0.3) is 0 Å². The molecule has 96 valence electrons. The van der Waals surface area contributed by atoms with Crippen LogP contribution in [0.25, 0.3) is 0 Å². The van der Waals surface area contributed by atoms with E-state index in [-0.39, 0.29) is 0 Å². The molecule has 0 N–H and O–H groups in total. The predicted molar refractivity (Wildman–Crippen MR) is 71.9 cm³/mol. The number of hydrogen-bond donors (Lipinski definition) is 0. The number of azo groups is 1. The van der Waals surface area contributed by atoms with Crippen LogP contribution in [0.3, 0.4) is 0 Å². The topological polar surface area (TPSA) is 24.7 Å². The molecule has 0 bridgehead atoms. The second-order valence-corrected chi connectivity index (χ2v) is 6.31. The van der Waals surface area contributed by atoms with Crippen molar-refractivity contribution in [3.63, 3.8) is 0 Å². The Hall–Kier alpha value is -0.660. The van der Waals surface area contributed by atoms with E-state index in [9.17, 15) is 0 Å². The van der Waals surface area contributed by atoms with Crippen LogP contribution in [0.15, 0.2) is 21.5 Å². The first-order chi connectivity index (χ1) is 8.09. The van der Waals surface area contributed by atoms with Crippen LogP contribution in [0.1, 0.15) is 59.8 Å². The molecule has 0 amide bonds. The van der Waals surface area contributed by atoms with Gasteiger partial charge in [0.2, 0.25) is 0 Å². The normalized spacial score (nSPS) is 29.8. The summed E-state index contributed by atoms with van der Waals surface area (Å²) in [5.74, 6) is 2.31. The molecule has 2 unspecified atom stereocenters. The third kappa shape index (κ3) is 2.78. The molecular weight excluding hydrogens is 208 g/mol. The fourth-order valence-electron chi connectivity index (χ4n) is 3.16. The number of hydrogen-bond acceptors (Lipinski definition) is 2. The molecule has 0 saturated carbocycles. The molecule has 0 saturated heterocycles. The standard InChI is InChI=1S/C15H26N2/c1-10(2)12-6-5-7-13-14(9-8-12)16-17-15(13)11(3)4/h10-12,15H,5-9H2,1-4H3. The van der Waals surface area contributed by atoms with E-state index >= 15 is 0 Å². The summed E-state index contributed by atoms with van der Waals surface area (Å²) in [6.45, 7) is 9.23. The van der Waals surface area contributed by atoms with Crippen LogP contribution in [0.5, 0.6) is 0 Å². The van der Waals surface area contributed by atoms with Gasteiger partial charge in [-0.2, -0.15) is 10.2 Å². The average molecular weight is 234 g/mol. The summed E-state index contributed by atoms with van der Waals surface area (Å²) in [5.41, 5.74) is 2.89. The summed E-state index contributed by atoms with van der Waals surface area (Å²) >= 11 is 0. The summed E-state index contributed by atoms with van der Waals surface area (Å²) in [5, 5.41) is 8.94. The molecule has 0 fully saturated rings. The van der Waals surface area contributed by atoms with Crippen LogP contribution >= 0.6 is 0 Å². The molecule has 2 rings (SSSR count). The van der Waals surface area contributed by atoms with Crippen molar-refractivity contribution in [3.8, 4) is 0 Å². The molecule has 1 aliphatic carbocycles. The van der Waals surface area contributed by atoms with Crippen molar-refractivity contribution in [2.75, 3.05) is 0 Å². The largest absolute Gasteiger partial charge is 0.181 e. The van der Waals surface area contributed by atoms with E-state index in [0.717, 1.165) is 18.3 Å². The summed E-state index contributed by atoms with van der Waals surface area (Å²) in [6, 6.07) is 0.389. The van der Waals surface area contributed by atoms with Crippen molar-refractivity contribution in [1.29, 1.82) is 0 Å². The van der Waals surface area contributed by atoms with Crippen molar-refractivity contribution in [2.45, 2.75) is 65.8 Å². The van der Waals surface area contributed by atoms with Crippen molar-refractivity contribution in [1.82, 2.24) is 0 Å². The maximum absolute atomic E-state index is 4.48. The zero-order valence-electron chi connectivity index (χ0n) is 11.7. The van der Waals surface area contributed by atoms with E-state index < -0.39 is 0 Å². The molecule has 2 atom stereocenters. The summed E-state index contributed by atoms with van der Waals surface area (Å²) in [7, 11) is 0. The van der Waals surface area contributed by atoms with Gasteiger partial charge in [0.15, 0.2) is 0 Å². The van der Waals surface area contributed by atoms with E-state index in [2.05, 4.69) is 37.9 Å². The Bertz CT molecular complexity index is 326. The minimum absolute atomic E-state index is 0.389. The highest BCUT2D eigenvalue weighted by Gasteiger charge is 2.28. The minimum Gasteiger partial charge on any atom is -0.181 e. The van der Waals surface area contributed by atoms with Gasteiger partial charge in [0.05, 0.1) is 11.7 Å². The first-order valence-corrected chi connectivity index (χ1v) is 7.22. The number of rotatable bonds is 2. The lowest BCUT2D eigenvalue weighted by molar-refractivity contribution is 0.322. The van der Waals surface area contributed by atoms with Crippen LogP contribution < -0.4 is 0 Å². The third-order valence-electron chi connectivity index (χ3n) is 4.38. The average Bonchev–Trinajstić information content (AvgIpc) is 2.59. The molecule has 1 heterocycles. The fraction of sp³-hybridized carbons (Fsp3) is 0.867. The third-order valence-corrected chi connectivity index (χ3v) is 4.38. The zero-order chi connectivity index (χ0) is 12.4. The molecule has 1 aliphatic heterocycles. The highest BCUT2D eigenvalue weighted by Crippen LogP contribution is 2.38. The predicted octanol–water partition coefficient (Wildman–Crippen LogP) is 4.97. The second-order valence-electron chi connectivity index (χ2n) is 6.31. The van der Waals surface area contributed by atoms with Gasteiger partial charge in [-0.1, -0.05) is 27.7 Å². The van der Waals surface area contributed by atoms with E-state index in [1.807, 2.05) is 0 Å². The highest BCUT2D eigenvalue weighted by molar-refractivity contribution is 5.24. The van der Waals surface area contributed by atoms with Crippen molar-refractivity contribution in [2.24, 2.45) is 28.0 Å². The molecule has 17 heavy (non-hydrogen) atoms. The number of allylic oxidation sites excluding steroid dienone is 1. The summed E-state index contributed by atoms with van der Waals surface area (Å²) < 4.78 is 0. The SMILES string of the molecule is CC(C)C1CCCC2=C(CC1)N=NC2C(C)C. The monoisotopic (exact) mass is 234 g/mol. The van der Waals surface area contributed by atoms with Crippen LogP contribution in [0.2, 0.25) is 0 Å². The Morgan fingerprint density at radius 1 is 1.00 bits per heavy atom.